The van der Waals surface area contributed by atoms with Gasteiger partial charge in [-0.15, -0.1) is 0 Å². The number of benzene rings is 2. The number of rotatable bonds is 4. The molecular weight excluding hydrogens is 379 g/mol. The molecule has 8 heteroatoms. The number of halogens is 3. The van der Waals surface area contributed by atoms with Crippen molar-refractivity contribution in [3.8, 4) is 0 Å². The van der Waals surface area contributed by atoms with Crippen LogP contribution in [0.5, 0.6) is 0 Å². The zero-order valence-corrected chi connectivity index (χ0v) is 15.9. The van der Waals surface area contributed by atoms with Gasteiger partial charge in [0.15, 0.2) is 11.6 Å². The normalized spacial score (nSPS) is 14.2. The monoisotopic (exact) mass is 399 g/mol. The number of nitrogens with zero attached hydrogens (tertiary/aromatic N) is 4. The smallest absolute Gasteiger partial charge is 0.227 e. The van der Waals surface area contributed by atoms with Gasteiger partial charge in [0.2, 0.25) is 5.95 Å². The molecule has 0 amide bonds. The number of nitrogens with one attached hydrogen (secondary N) is 1. The standard InChI is InChI=1S/C21H20F3N5/c1-14-12-20(26-15-6-7-16(22)18(24)13-15)27-21(25-14)29-10-8-28(9-11-29)19-5-3-2-4-17(19)23/h2-7,12-13H,8-11H2,1H3,(H,25,26,27). The Morgan fingerprint density at radius 2 is 1.52 bits per heavy atom. The summed E-state index contributed by atoms with van der Waals surface area (Å²) in [7, 11) is 0. The molecule has 0 bridgehead atoms. The Kier molecular flexibility index (Phi) is 5.24. The molecule has 0 atom stereocenters. The van der Waals surface area contributed by atoms with Crippen LogP contribution < -0.4 is 15.1 Å². The van der Waals surface area contributed by atoms with Crippen LogP contribution in [-0.2, 0) is 0 Å². The molecule has 2 heterocycles. The Morgan fingerprint density at radius 1 is 0.793 bits per heavy atom. The van der Waals surface area contributed by atoms with Crippen LogP contribution in [-0.4, -0.2) is 36.1 Å². The number of piperazine rings is 1. The summed E-state index contributed by atoms with van der Waals surface area (Å²) in [6, 6.07) is 12.1. The number of aryl methyl sites for hydroxylation is 1. The van der Waals surface area contributed by atoms with Crippen LogP contribution in [0.2, 0.25) is 0 Å². The van der Waals surface area contributed by atoms with Crippen molar-refractivity contribution < 1.29 is 13.2 Å². The van der Waals surface area contributed by atoms with E-state index in [4.69, 9.17) is 0 Å². The third-order valence-electron chi connectivity index (χ3n) is 4.79. The second kappa shape index (κ2) is 7.98. The second-order valence-corrected chi connectivity index (χ2v) is 6.87. The highest BCUT2D eigenvalue weighted by molar-refractivity contribution is 5.58. The highest BCUT2D eigenvalue weighted by Gasteiger charge is 2.21. The first-order valence-corrected chi connectivity index (χ1v) is 9.32. The summed E-state index contributed by atoms with van der Waals surface area (Å²) in [6.07, 6.45) is 0. The summed E-state index contributed by atoms with van der Waals surface area (Å²) in [5.74, 6) is -1.02. The Morgan fingerprint density at radius 3 is 2.24 bits per heavy atom. The van der Waals surface area contributed by atoms with Crippen LogP contribution in [0, 0.1) is 24.4 Å². The molecule has 3 aromatic rings. The highest BCUT2D eigenvalue weighted by Crippen LogP contribution is 2.23. The van der Waals surface area contributed by atoms with E-state index in [-0.39, 0.29) is 5.82 Å². The van der Waals surface area contributed by atoms with Gasteiger partial charge in [-0.05, 0) is 31.2 Å². The van der Waals surface area contributed by atoms with Crippen molar-refractivity contribution in [2.24, 2.45) is 0 Å². The molecule has 1 aliphatic heterocycles. The predicted octanol–water partition coefficient (Wildman–Crippen LogP) is 4.27. The zero-order valence-electron chi connectivity index (χ0n) is 15.9. The van der Waals surface area contributed by atoms with E-state index in [0.717, 1.165) is 17.8 Å². The van der Waals surface area contributed by atoms with Crippen LogP contribution in [0.3, 0.4) is 0 Å². The molecule has 29 heavy (non-hydrogen) atoms. The first-order chi connectivity index (χ1) is 14.0. The molecule has 1 aromatic heterocycles. The minimum absolute atomic E-state index is 0.231. The number of anilines is 4. The topological polar surface area (TPSA) is 44.3 Å². The van der Waals surface area contributed by atoms with Crippen LogP contribution >= 0.6 is 0 Å². The van der Waals surface area contributed by atoms with Crippen molar-refractivity contribution in [2.45, 2.75) is 6.92 Å². The number of hydrogen-bond acceptors (Lipinski definition) is 5. The van der Waals surface area contributed by atoms with Gasteiger partial charge in [-0.25, -0.2) is 18.2 Å². The molecule has 1 saturated heterocycles. The number of para-hydroxylation sites is 1. The maximum atomic E-state index is 14.0. The van der Waals surface area contributed by atoms with E-state index in [1.807, 2.05) is 22.8 Å². The molecule has 2 aromatic carbocycles. The minimum atomic E-state index is -0.926. The van der Waals surface area contributed by atoms with Gasteiger partial charge in [0.1, 0.15) is 11.6 Å². The Labute approximate surface area is 166 Å². The van der Waals surface area contributed by atoms with Gasteiger partial charge in [0.25, 0.3) is 0 Å². The van der Waals surface area contributed by atoms with Gasteiger partial charge in [-0.2, -0.15) is 4.98 Å². The molecule has 0 spiro atoms. The highest BCUT2D eigenvalue weighted by atomic mass is 19.2. The van der Waals surface area contributed by atoms with E-state index in [1.54, 1.807) is 18.2 Å². The zero-order chi connectivity index (χ0) is 20.4. The Hall–Kier alpha value is -3.29. The van der Waals surface area contributed by atoms with Gasteiger partial charge in [-0.3, -0.25) is 0 Å². The summed E-state index contributed by atoms with van der Waals surface area (Å²) in [4.78, 5) is 13.0. The lowest BCUT2D eigenvalue weighted by molar-refractivity contribution is 0.509. The third-order valence-corrected chi connectivity index (χ3v) is 4.79. The van der Waals surface area contributed by atoms with Crippen molar-refractivity contribution in [1.29, 1.82) is 0 Å². The fourth-order valence-corrected chi connectivity index (χ4v) is 3.34. The lowest BCUT2D eigenvalue weighted by Crippen LogP contribution is -2.47. The fraction of sp³-hybridized carbons (Fsp3) is 0.238. The van der Waals surface area contributed by atoms with E-state index < -0.39 is 11.6 Å². The number of hydrogen-bond donors (Lipinski definition) is 1. The van der Waals surface area contributed by atoms with Crippen LogP contribution in [0.1, 0.15) is 5.69 Å². The third kappa shape index (κ3) is 4.26. The SMILES string of the molecule is Cc1cc(Nc2ccc(F)c(F)c2)nc(N2CCN(c3ccccc3F)CC2)n1. The molecule has 1 fully saturated rings. The van der Waals surface area contributed by atoms with Crippen molar-refractivity contribution in [3.05, 3.63) is 71.7 Å². The molecule has 0 unspecified atom stereocenters. The molecule has 0 radical (unpaired) electrons. The lowest BCUT2D eigenvalue weighted by Gasteiger charge is -2.36. The molecular formula is C21H20F3N5. The van der Waals surface area contributed by atoms with E-state index in [1.165, 1.54) is 12.1 Å². The molecule has 150 valence electrons. The number of aromatic nitrogens is 2. The van der Waals surface area contributed by atoms with Gasteiger partial charge in [0, 0.05) is 49.7 Å². The molecule has 4 rings (SSSR count). The Bertz CT molecular complexity index is 1020. The van der Waals surface area contributed by atoms with Crippen LogP contribution in [0.4, 0.5) is 36.3 Å². The fourth-order valence-electron chi connectivity index (χ4n) is 3.34. The predicted molar refractivity (Wildman–Crippen MR) is 107 cm³/mol. The Balaban J connectivity index is 1.48. The molecule has 0 saturated carbocycles. The second-order valence-electron chi connectivity index (χ2n) is 6.87. The van der Waals surface area contributed by atoms with Crippen molar-refractivity contribution in [1.82, 2.24) is 9.97 Å². The molecule has 1 aliphatic rings. The van der Waals surface area contributed by atoms with Gasteiger partial charge < -0.3 is 15.1 Å². The van der Waals surface area contributed by atoms with Crippen LogP contribution in [0.25, 0.3) is 0 Å². The largest absolute Gasteiger partial charge is 0.366 e. The summed E-state index contributed by atoms with van der Waals surface area (Å²) in [5, 5.41) is 2.99. The summed E-state index contributed by atoms with van der Waals surface area (Å²) in [6.45, 7) is 4.41. The molecule has 1 N–H and O–H groups in total. The van der Waals surface area contributed by atoms with E-state index in [0.29, 0.717) is 49.3 Å². The van der Waals surface area contributed by atoms with E-state index in [9.17, 15) is 13.2 Å². The van der Waals surface area contributed by atoms with Gasteiger partial charge in [-0.1, -0.05) is 12.1 Å². The minimum Gasteiger partial charge on any atom is -0.366 e. The first-order valence-electron chi connectivity index (χ1n) is 9.32. The van der Waals surface area contributed by atoms with Crippen molar-refractivity contribution in [2.75, 3.05) is 41.3 Å². The van der Waals surface area contributed by atoms with Crippen LogP contribution in [0.15, 0.2) is 48.5 Å². The van der Waals surface area contributed by atoms with Gasteiger partial charge in [0.05, 0.1) is 5.69 Å². The quantitative estimate of drug-likeness (QED) is 0.710. The van der Waals surface area contributed by atoms with Crippen molar-refractivity contribution in [3.63, 3.8) is 0 Å². The van der Waals surface area contributed by atoms with E-state index in [2.05, 4.69) is 15.3 Å². The summed E-state index contributed by atoms with van der Waals surface area (Å²) in [5.41, 5.74) is 1.74. The average molecular weight is 399 g/mol. The van der Waals surface area contributed by atoms with E-state index >= 15 is 0 Å². The first kappa shape index (κ1) is 19.0. The summed E-state index contributed by atoms with van der Waals surface area (Å²) >= 11 is 0. The van der Waals surface area contributed by atoms with Gasteiger partial charge >= 0.3 is 0 Å². The average Bonchev–Trinajstić information content (AvgIpc) is 2.71. The van der Waals surface area contributed by atoms with Crippen molar-refractivity contribution >= 4 is 23.1 Å². The summed E-state index contributed by atoms with van der Waals surface area (Å²) < 4.78 is 40.6. The molecule has 5 nitrogen and oxygen atoms in total. The lowest BCUT2D eigenvalue weighted by atomic mass is 10.2. The maximum Gasteiger partial charge on any atom is 0.227 e. The molecule has 0 aliphatic carbocycles. The maximum absolute atomic E-state index is 14.0.